The van der Waals surface area contributed by atoms with Crippen LogP contribution < -0.4 is 10.6 Å². The van der Waals surface area contributed by atoms with Crippen LogP contribution in [-0.2, 0) is 16.7 Å². The first kappa shape index (κ1) is 24.6. The summed E-state index contributed by atoms with van der Waals surface area (Å²) in [4.78, 5) is 12.4. The van der Waals surface area contributed by atoms with Crippen molar-refractivity contribution in [2.24, 2.45) is 0 Å². The van der Waals surface area contributed by atoms with E-state index in [1.807, 2.05) is 24.3 Å². The summed E-state index contributed by atoms with van der Waals surface area (Å²) in [6, 6.07) is 10.3. The van der Waals surface area contributed by atoms with Crippen LogP contribution in [0.2, 0.25) is 0 Å². The average Bonchev–Trinajstić information content (AvgIpc) is 3.44. The first-order chi connectivity index (χ1) is 15.0. The number of carbonyl (C=O) groups is 1. The number of hydrogen-bond acceptors (Lipinski definition) is 4. The molecule has 0 spiro atoms. The molecule has 3 rings (SSSR count). The van der Waals surface area contributed by atoms with Crippen LogP contribution in [0.3, 0.4) is 0 Å². The van der Waals surface area contributed by atoms with Crippen LogP contribution in [0.4, 0.5) is 13.6 Å². The zero-order valence-corrected chi connectivity index (χ0v) is 20.0. The van der Waals surface area contributed by atoms with E-state index < -0.39 is 35.5 Å². The molecule has 1 aliphatic rings. The van der Waals surface area contributed by atoms with Crippen molar-refractivity contribution < 1.29 is 23.4 Å². The number of ether oxygens (including phenoxy) is 1. The van der Waals surface area contributed by atoms with Gasteiger partial charge in [0.1, 0.15) is 17.2 Å². The molecule has 8 heteroatoms. The number of hydrogen-bond donors (Lipinski definition) is 3. The van der Waals surface area contributed by atoms with Crippen LogP contribution >= 0.6 is 15.9 Å². The van der Waals surface area contributed by atoms with Gasteiger partial charge >= 0.3 is 6.09 Å². The molecule has 1 amide bonds. The molecule has 5 nitrogen and oxygen atoms in total. The summed E-state index contributed by atoms with van der Waals surface area (Å²) < 4.78 is 33.6. The van der Waals surface area contributed by atoms with E-state index in [1.54, 1.807) is 20.8 Å². The third-order valence-corrected chi connectivity index (χ3v) is 5.81. The molecule has 3 N–H and O–H groups in total. The summed E-state index contributed by atoms with van der Waals surface area (Å²) >= 11 is 3.49. The monoisotopic (exact) mass is 510 g/mol. The number of alkyl carbamates (subject to hydrolysis) is 1. The van der Waals surface area contributed by atoms with Crippen molar-refractivity contribution in [3.05, 3.63) is 69.7 Å². The Hall–Kier alpha value is -2.03. The van der Waals surface area contributed by atoms with Crippen LogP contribution in [0.25, 0.3) is 0 Å². The summed E-state index contributed by atoms with van der Waals surface area (Å²) in [6.45, 7) is 5.38. The lowest BCUT2D eigenvalue weighted by atomic mass is 9.99. The van der Waals surface area contributed by atoms with Gasteiger partial charge in [-0.3, -0.25) is 0 Å². The van der Waals surface area contributed by atoms with Crippen molar-refractivity contribution in [2.75, 3.05) is 6.54 Å². The maximum absolute atomic E-state index is 13.7. The van der Waals surface area contributed by atoms with Crippen molar-refractivity contribution in [1.29, 1.82) is 0 Å². The zero-order chi connectivity index (χ0) is 23.5. The fraction of sp³-hybridized carbons (Fsp3) is 0.458. The molecule has 0 aromatic heterocycles. The Morgan fingerprint density at radius 2 is 1.84 bits per heavy atom. The van der Waals surface area contributed by atoms with Gasteiger partial charge < -0.3 is 20.5 Å². The molecule has 2 aromatic carbocycles. The fourth-order valence-electron chi connectivity index (χ4n) is 3.65. The summed E-state index contributed by atoms with van der Waals surface area (Å²) in [5, 5.41) is 17.0. The molecule has 0 bridgehead atoms. The molecule has 0 saturated heterocycles. The van der Waals surface area contributed by atoms with E-state index in [1.165, 1.54) is 12.1 Å². The lowest BCUT2D eigenvalue weighted by molar-refractivity contribution is 0.0419. The van der Waals surface area contributed by atoms with Gasteiger partial charge in [-0.25, -0.2) is 13.6 Å². The van der Waals surface area contributed by atoms with E-state index >= 15 is 0 Å². The fourth-order valence-corrected chi connectivity index (χ4v) is 4.05. The standard InChI is InChI=1S/C24H29BrF2N2O3/c1-23(2,3)32-22(31)29-20(11-15-9-18(26)13-19(27)10-15)21(30)14-28-24(7-8-24)16-5-4-6-17(25)12-16/h4-6,9-10,12-13,20-21,28,30H,7-8,11,14H2,1-3H3,(H,29,31)/t20-,21+/m0/s1. The normalized spacial score (nSPS) is 16.8. The van der Waals surface area contributed by atoms with Gasteiger partial charge in [0, 0.05) is 22.6 Å². The van der Waals surface area contributed by atoms with E-state index in [2.05, 4.69) is 26.6 Å². The van der Waals surface area contributed by atoms with E-state index in [0.717, 1.165) is 28.9 Å². The molecule has 0 radical (unpaired) electrons. The number of aliphatic hydroxyl groups is 1. The van der Waals surface area contributed by atoms with Crippen LogP contribution in [0.1, 0.15) is 44.7 Å². The number of halogens is 3. The summed E-state index contributed by atoms with van der Waals surface area (Å²) in [5.74, 6) is -1.43. The summed E-state index contributed by atoms with van der Waals surface area (Å²) in [7, 11) is 0. The Labute approximate surface area is 195 Å². The Morgan fingerprint density at radius 1 is 1.19 bits per heavy atom. The second kappa shape index (κ2) is 9.85. The minimum Gasteiger partial charge on any atom is -0.444 e. The summed E-state index contributed by atoms with van der Waals surface area (Å²) in [5.41, 5.74) is 0.493. The molecule has 32 heavy (non-hydrogen) atoms. The summed E-state index contributed by atoms with van der Waals surface area (Å²) in [6.07, 6.45) is 0.177. The number of benzene rings is 2. The Kier molecular flexibility index (Phi) is 7.57. The molecular weight excluding hydrogens is 482 g/mol. The highest BCUT2D eigenvalue weighted by molar-refractivity contribution is 9.10. The second-order valence-electron chi connectivity index (χ2n) is 9.28. The quantitative estimate of drug-likeness (QED) is 0.476. The highest BCUT2D eigenvalue weighted by atomic mass is 79.9. The Balaban J connectivity index is 1.72. The molecule has 0 unspecified atom stereocenters. The lowest BCUT2D eigenvalue weighted by Crippen LogP contribution is -2.51. The maximum Gasteiger partial charge on any atom is 0.407 e. The van der Waals surface area contributed by atoms with Gasteiger partial charge in [0.05, 0.1) is 12.1 Å². The first-order valence-corrected chi connectivity index (χ1v) is 11.4. The average molecular weight is 511 g/mol. The molecule has 1 saturated carbocycles. The molecule has 0 aliphatic heterocycles. The van der Waals surface area contributed by atoms with E-state index in [0.29, 0.717) is 5.56 Å². The molecular formula is C24H29BrF2N2O3. The van der Waals surface area contributed by atoms with Gasteiger partial charge in [0.25, 0.3) is 0 Å². The largest absolute Gasteiger partial charge is 0.444 e. The number of amides is 1. The van der Waals surface area contributed by atoms with Crippen LogP contribution in [0.5, 0.6) is 0 Å². The highest BCUT2D eigenvalue weighted by Crippen LogP contribution is 2.46. The minimum absolute atomic E-state index is 0.0423. The zero-order valence-electron chi connectivity index (χ0n) is 18.4. The molecule has 1 aliphatic carbocycles. The van der Waals surface area contributed by atoms with Crippen molar-refractivity contribution in [2.45, 2.75) is 63.3 Å². The smallest absolute Gasteiger partial charge is 0.407 e. The van der Waals surface area contributed by atoms with Crippen LogP contribution in [-0.4, -0.2) is 35.5 Å². The highest BCUT2D eigenvalue weighted by Gasteiger charge is 2.44. The van der Waals surface area contributed by atoms with Gasteiger partial charge in [-0.2, -0.15) is 0 Å². The van der Waals surface area contributed by atoms with Crippen molar-refractivity contribution >= 4 is 22.0 Å². The van der Waals surface area contributed by atoms with Gasteiger partial charge in [0.15, 0.2) is 0 Å². The predicted octanol–water partition coefficient (Wildman–Crippen LogP) is 4.80. The second-order valence-corrected chi connectivity index (χ2v) is 10.2. The van der Waals surface area contributed by atoms with E-state index in [4.69, 9.17) is 4.74 Å². The number of carbonyl (C=O) groups excluding carboxylic acids is 1. The third kappa shape index (κ3) is 6.98. The lowest BCUT2D eigenvalue weighted by Gasteiger charge is -2.28. The Morgan fingerprint density at radius 3 is 2.41 bits per heavy atom. The van der Waals surface area contributed by atoms with Gasteiger partial charge in [-0.05, 0) is 75.4 Å². The van der Waals surface area contributed by atoms with E-state index in [-0.39, 0.29) is 18.5 Å². The Bertz CT molecular complexity index is 940. The predicted molar refractivity (Wildman–Crippen MR) is 122 cm³/mol. The molecule has 2 aromatic rings. The number of rotatable bonds is 8. The van der Waals surface area contributed by atoms with Gasteiger partial charge in [0.2, 0.25) is 0 Å². The molecule has 0 heterocycles. The van der Waals surface area contributed by atoms with Crippen LogP contribution in [0.15, 0.2) is 46.9 Å². The SMILES string of the molecule is CC(C)(C)OC(=O)N[C@@H](Cc1cc(F)cc(F)c1)[C@H](O)CNC1(c2cccc(Br)c2)CC1. The topological polar surface area (TPSA) is 70.6 Å². The van der Waals surface area contributed by atoms with Gasteiger partial charge in [-0.1, -0.05) is 28.1 Å². The van der Waals surface area contributed by atoms with Gasteiger partial charge in [-0.15, -0.1) is 0 Å². The number of nitrogens with one attached hydrogen (secondary N) is 2. The van der Waals surface area contributed by atoms with Crippen molar-refractivity contribution in [1.82, 2.24) is 10.6 Å². The molecule has 2 atom stereocenters. The maximum atomic E-state index is 13.7. The third-order valence-electron chi connectivity index (χ3n) is 5.32. The van der Waals surface area contributed by atoms with E-state index in [9.17, 15) is 18.7 Å². The molecule has 174 valence electrons. The number of aliphatic hydroxyl groups excluding tert-OH is 1. The van der Waals surface area contributed by atoms with Crippen molar-refractivity contribution in [3.63, 3.8) is 0 Å². The molecule has 1 fully saturated rings. The minimum atomic E-state index is -1.02. The van der Waals surface area contributed by atoms with Crippen LogP contribution in [0, 0.1) is 11.6 Å². The first-order valence-electron chi connectivity index (χ1n) is 10.6. The van der Waals surface area contributed by atoms with Crippen molar-refractivity contribution in [3.8, 4) is 0 Å².